The van der Waals surface area contributed by atoms with Gasteiger partial charge in [0.05, 0.1) is 25.4 Å². The van der Waals surface area contributed by atoms with Crippen molar-refractivity contribution in [2.75, 3.05) is 6.61 Å². The molecule has 4 nitrogen and oxygen atoms in total. The second-order valence-corrected chi connectivity index (χ2v) is 4.78. The van der Waals surface area contributed by atoms with Crippen molar-refractivity contribution in [1.82, 2.24) is 5.32 Å². The molecule has 2 N–H and O–H groups in total. The van der Waals surface area contributed by atoms with Crippen molar-refractivity contribution >= 4 is 5.91 Å². The summed E-state index contributed by atoms with van der Waals surface area (Å²) in [6.07, 6.45) is 1.90. The van der Waals surface area contributed by atoms with E-state index >= 15 is 0 Å². The number of rotatable bonds is 5. The summed E-state index contributed by atoms with van der Waals surface area (Å²) >= 11 is 0. The molecule has 1 aromatic carbocycles. The first kappa shape index (κ1) is 13.8. The quantitative estimate of drug-likeness (QED) is 0.788. The minimum absolute atomic E-state index is 0.0807. The van der Waals surface area contributed by atoms with Gasteiger partial charge < -0.3 is 15.2 Å². The van der Waals surface area contributed by atoms with Gasteiger partial charge in [0.1, 0.15) is 0 Å². The molecule has 4 heteroatoms. The van der Waals surface area contributed by atoms with E-state index in [-0.39, 0.29) is 11.9 Å². The van der Waals surface area contributed by atoms with E-state index < -0.39 is 6.10 Å². The van der Waals surface area contributed by atoms with Crippen LogP contribution in [0.3, 0.4) is 0 Å². The normalized spacial score (nSPS) is 22.1. The van der Waals surface area contributed by atoms with Gasteiger partial charge in [-0.2, -0.15) is 0 Å². The van der Waals surface area contributed by atoms with E-state index in [4.69, 9.17) is 4.74 Å². The van der Waals surface area contributed by atoms with Gasteiger partial charge in [0, 0.05) is 13.3 Å². The number of hydrogen-bond donors (Lipinski definition) is 2. The minimum atomic E-state index is -0.521. The summed E-state index contributed by atoms with van der Waals surface area (Å²) in [6, 6.07) is 9.82. The molecule has 0 aliphatic heterocycles. The second-order valence-electron chi connectivity index (χ2n) is 4.78. The monoisotopic (exact) mass is 261 g/mol. The number of amides is 1. The van der Waals surface area contributed by atoms with Crippen molar-refractivity contribution in [2.24, 2.45) is 0 Å². The summed E-state index contributed by atoms with van der Waals surface area (Å²) in [5.74, 6) is -0.0834. The first-order valence-corrected chi connectivity index (χ1v) is 6.42. The fourth-order valence-corrected chi connectivity index (χ4v) is 2.20. The van der Waals surface area contributed by atoms with Gasteiger partial charge in [-0.05, 0) is 11.1 Å². The van der Waals surface area contributed by atoms with Crippen LogP contribution in [0.1, 0.15) is 18.9 Å². The van der Waals surface area contributed by atoms with Crippen molar-refractivity contribution in [3.05, 3.63) is 47.5 Å². The van der Waals surface area contributed by atoms with Crippen LogP contribution in [0.4, 0.5) is 0 Å². The van der Waals surface area contributed by atoms with E-state index in [2.05, 4.69) is 5.32 Å². The van der Waals surface area contributed by atoms with E-state index in [1.54, 1.807) is 0 Å². The van der Waals surface area contributed by atoms with Crippen LogP contribution < -0.4 is 5.32 Å². The average Bonchev–Trinajstić information content (AvgIpc) is 2.70. The predicted molar refractivity (Wildman–Crippen MR) is 72.4 cm³/mol. The topological polar surface area (TPSA) is 58.6 Å². The van der Waals surface area contributed by atoms with Crippen molar-refractivity contribution in [1.29, 1.82) is 0 Å². The smallest absolute Gasteiger partial charge is 0.217 e. The molecule has 2 rings (SSSR count). The Morgan fingerprint density at radius 1 is 1.37 bits per heavy atom. The Morgan fingerprint density at radius 3 is 2.79 bits per heavy atom. The van der Waals surface area contributed by atoms with Crippen LogP contribution in [0.15, 0.2) is 42.0 Å². The highest BCUT2D eigenvalue weighted by Gasteiger charge is 2.24. The Balaban J connectivity index is 1.80. The highest BCUT2D eigenvalue weighted by Crippen LogP contribution is 2.20. The molecule has 0 spiro atoms. The molecule has 1 amide bonds. The molecule has 19 heavy (non-hydrogen) atoms. The summed E-state index contributed by atoms with van der Waals surface area (Å²) in [6.45, 7) is 2.39. The standard InChI is InChI=1S/C15H19NO3/c1-11(17)16-14-7-13(15(18)8-14)10-19-9-12-5-3-2-4-6-12/h2-7,14-15,18H,8-10H2,1H3,(H,16,17)/t14-,15+/m1/s1. The third-order valence-corrected chi connectivity index (χ3v) is 3.09. The Morgan fingerprint density at radius 2 is 2.11 bits per heavy atom. The Labute approximate surface area is 113 Å². The highest BCUT2D eigenvalue weighted by atomic mass is 16.5. The van der Waals surface area contributed by atoms with Crippen LogP contribution in [-0.2, 0) is 16.1 Å². The molecule has 1 aliphatic rings. The highest BCUT2D eigenvalue weighted by molar-refractivity contribution is 5.73. The first-order valence-electron chi connectivity index (χ1n) is 6.42. The van der Waals surface area contributed by atoms with Crippen LogP contribution in [0.2, 0.25) is 0 Å². The van der Waals surface area contributed by atoms with Crippen LogP contribution >= 0.6 is 0 Å². The van der Waals surface area contributed by atoms with Gasteiger partial charge in [0.15, 0.2) is 0 Å². The van der Waals surface area contributed by atoms with Crippen LogP contribution in [0.5, 0.6) is 0 Å². The zero-order valence-electron chi connectivity index (χ0n) is 11.0. The summed E-state index contributed by atoms with van der Waals surface area (Å²) in [7, 11) is 0. The first-order chi connectivity index (χ1) is 9.15. The Hall–Kier alpha value is -1.65. The summed E-state index contributed by atoms with van der Waals surface area (Å²) < 4.78 is 5.59. The SMILES string of the molecule is CC(=O)N[C@@H]1C=C(COCc2ccccc2)[C@@H](O)C1. The molecule has 0 fully saturated rings. The third-order valence-electron chi connectivity index (χ3n) is 3.09. The molecule has 0 bridgehead atoms. The van der Waals surface area contributed by atoms with Gasteiger partial charge in [-0.3, -0.25) is 4.79 Å². The zero-order chi connectivity index (χ0) is 13.7. The minimum Gasteiger partial charge on any atom is -0.389 e. The van der Waals surface area contributed by atoms with E-state index in [1.807, 2.05) is 36.4 Å². The molecule has 102 valence electrons. The number of aliphatic hydroxyl groups excluding tert-OH is 1. The van der Waals surface area contributed by atoms with Gasteiger partial charge in [-0.25, -0.2) is 0 Å². The summed E-state index contributed by atoms with van der Waals surface area (Å²) in [5.41, 5.74) is 1.95. The number of ether oxygens (including phenoxy) is 1. The lowest BCUT2D eigenvalue weighted by atomic mass is 10.2. The summed E-state index contributed by atoms with van der Waals surface area (Å²) in [4.78, 5) is 11.0. The molecule has 1 aliphatic carbocycles. The van der Waals surface area contributed by atoms with Crippen molar-refractivity contribution in [2.45, 2.75) is 32.1 Å². The molecule has 0 radical (unpaired) electrons. The fourth-order valence-electron chi connectivity index (χ4n) is 2.20. The van der Waals surface area contributed by atoms with E-state index in [0.29, 0.717) is 19.6 Å². The molecule has 1 aromatic rings. The maximum Gasteiger partial charge on any atom is 0.217 e. The van der Waals surface area contributed by atoms with Gasteiger partial charge in [0.2, 0.25) is 5.91 Å². The lowest BCUT2D eigenvalue weighted by molar-refractivity contribution is -0.119. The second kappa shape index (κ2) is 6.50. The number of hydrogen-bond acceptors (Lipinski definition) is 3. The predicted octanol–water partition coefficient (Wildman–Crippen LogP) is 1.40. The van der Waals surface area contributed by atoms with Gasteiger partial charge in [-0.1, -0.05) is 36.4 Å². The Bertz CT molecular complexity index is 456. The fraction of sp³-hybridized carbons (Fsp3) is 0.400. The molecule has 0 unspecified atom stereocenters. The number of aliphatic hydroxyl groups is 1. The lowest BCUT2D eigenvalue weighted by Crippen LogP contribution is -2.30. The number of carbonyl (C=O) groups excluding carboxylic acids is 1. The zero-order valence-corrected chi connectivity index (χ0v) is 11.0. The largest absolute Gasteiger partial charge is 0.389 e. The molecule has 0 heterocycles. The van der Waals surface area contributed by atoms with Crippen molar-refractivity contribution in [3.63, 3.8) is 0 Å². The van der Waals surface area contributed by atoms with Gasteiger partial charge in [-0.15, -0.1) is 0 Å². The maximum absolute atomic E-state index is 11.0. The molecule has 2 atom stereocenters. The molecule has 0 saturated heterocycles. The Kier molecular flexibility index (Phi) is 4.71. The molecular weight excluding hydrogens is 242 g/mol. The maximum atomic E-state index is 11.0. The van der Waals surface area contributed by atoms with Crippen LogP contribution in [-0.4, -0.2) is 29.8 Å². The van der Waals surface area contributed by atoms with Gasteiger partial charge >= 0.3 is 0 Å². The number of benzene rings is 1. The van der Waals surface area contributed by atoms with E-state index in [9.17, 15) is 9.90 Å². The van der Waals surface area contributed by atoms with E-state index in [0.717, 1.165) is 11.1 Å². The van der Waals surface area contributed by atoms with Crippen LogP contribution in [0, 0.1) is 0 Å². The van der Waals surface area contributed by atoms with E-state index in [1.165, 1.54) is 6.92 Å². The average molecular weight is 261 g/mol. The molecule has 0 saturated carbocycles. The third kappa shape index (κ3) is 4.19. The number of carbonyl (C=O) groups is 1. The molecular formula is C15H19NO3. The molecule has 0 aromatic heterocycles. The summed E-state index contributed by atoms with van der Waals surface area (Å²) in [5, 5.41) is 12.6. The van der Waals surface area contributed by atoms with Gasteiger partial charge in [0.25, 0.3) is 0 Å². The van der Waals surface area contributed by atoms with Crippen molar-refractivity contribution < 1.29 is 14.6 Å². The van der Waals surface area contributed by atoms with Crippen molar-refractivity contribution in [3.8, 4) is 0 Å². The van der Waals surface area contributed by atoms with Crippen LogP contribution in [0.25, 0.3) is 0 Å². The lowest BCUT2D eigenvalue weighted by Gasteiger charge is -2.10. The number of nitrogens with one attached hydrogen (secondary N) is 1.